The van der Waals surface area contributed by atoms with Gasteiger partial charge in [0.2, 0.25) is 0 Å². The average molecular weight is 279 g/mol. The Morgan fingerprint density at radius 3 is 2.95 bits per heavy atom. The molecule has 19 heavy (non-hydrogen) atoms. The number of rotatable bonds is 3. The number of piperazine rings is 1. The van der Waals surface area contributed by atoms with Crippen molar-refractivity contribution in [3.05, 3.63) is 22.8 Å². The van der Waals surface area contributed by atoms with Crippen molar-refractivity contribution in [2.24, 2.45) is 0 Å². The minimum absolute atomic E-state index is 0.377. The molecule has 1 fully saturated rings. The molecule has 2 heterocycles. The monoisotopic (exact) mass is 278 g/mol. The van der Waals surface area contributed by atoms with Gasteiger partial charge in [0.15, 0.2) is 0 Å². The van der Waals surface area contributed by atoms with Gasteiger partial charge in [0.25, 0.3) is 0 Å². The van der Waals surface area contributed by atoms with Crippen molar-refractivity contribution in [1.29, 1.82) is 5.26 Å². The van der Waals surface area contributed by atoms with Gasteiger partial charge in [-0.15, -0.1) is 0 Å². The van der Waals surface area contributed by atoms with Crippen LogP contribution in [0.4, 0.5) is 5.82 Å². The van der Waals surface area contributed by atoms with E-state index in [0.29, 0.717) is 22.7 Å². The Hall–Kier alpha value is -1.31. The van der Waals surface area contributed by atoms with Gasteiger partial charge in [0.1, 0.15) is 16.9 Å². The molecule has 2 rings (SSSR count). The van der Waals surface area contributed by atoms with E-state index in [2.05, 4.69) is 35.1 Å². The molecule has 0 aromatic carbocycles. The third-order valence-corrected chi connectivity index (χ3v) is 4.10. The third-order valence-electron chi connectivity index (χ3n) is 3.73. The van der Waals surface area contributed by atoms with E-state index in [1.165, 1.54) is 0 Å². The van der Waals surface area contributed by atoms with Crippen LogP contribution in [0.5, 0.6) is 0 Å². The lowest BCUT2D eigenvalue weighted by Gasteiger charge is -2.41. The summed E-state index contributed by atoms with van der Waals surface area (Å²) in [4.78, 5) is 6.64. The van der Waals surface area contributed by atoms with Crippen LogP contribution in [0.2, 0.25) is 5.02 Å². The number of aromatic nitrogens is 1. The lowest BCUT2D eigenvalue weighted by molar-refractivity contribution is 0.377. The number of pyridine rings is 1. The molecule has 0 saturated carbocycles. The highest BCUT2D eigenvalue weighted by molar-refractivity contribution is 6.34. The minimum atomic E-state index is 0.377. The lowest BCUT2D eigenvalue weighted by Crippen LogP contribution is -2.56. The summed E-state index contributed by atoms with van der Waals surface area (Å²) in [6, 6.07) is 4.60. The standard InChI is InChI=1S/C14H19ClN4/c1-3-11-9-19(12(4-2)8-18-11)14-13(15)10(7-16)5-6-17-14/h5-6,11-12,18H,3-4,8-9H2,1-2H3. The van der Waals surface area contributed by atoms with Crippen molar-refractivity contribution >= 4 is 17.4 Å². The van der Waals surface area contributed by atoms with Crippen molar-refractivity contribution in [3.63, 3.8) is 0 Å². The van der Waals surface area contributed by atoms with Gasteiger partial charge in [-0.1, -0.05) is 25.4 Å². The van der Waals surface area contributed by atoms with Crippen LogP contribution in [0.1, 0.15) is 32.3 Å². The van der Waals surface area contributed by atoms with E-state index < -0.39 is 0 Å². The molecule has 4 nitrogen and oxygen atoms in total. The number of nitrogens with zero attached hydrogens (tertiary/aromatic N) is 3. The number of anilines is 1. The van der Waals surface area contributed by atoms with Crippen LogP contribution in [-0.4, -0.2) is 30.2 Å². The van der Waals surface area contributed by atoms with E-state index in [9.17, 15) is 0 Å². The SMILES string of the molecule is CCC1CN(c2nccc(C#N)c2Cl)C(CC)CN1. The van der Waals surface area contributed by atoms with E-state index in [1.54, 1.807) is 12.3 Å². The number of nitrogens with one attached hydrogen (secondary N) is 1. The number of nitriles is 1. The van der Waals surface area contributed by atoms with E-state index in [-0.39, 0.29) is 0 Å². The second kappa shape index (κ2) is 6.23. The zero-order valence-corrected chi connectivity index (χ0v) is 12.1. The molecule has 1 N–H and O–H groups in total. The highest BCUT2D eigenvalue weighted by atomic mass is 35.5. The van der Waals surface area contributed by atoms with E-state index >= 15 is 0 Å². The van der Waals surface area contributed by atoms with E-state index in [0.717, 1.165) is 31.7 Å². The first-order chi connectivity index (χ1) is 9.21. The Bertz CT molecular complexity index is 483. The summed E-state index contributed by atoms with van der Waals surface area (Å²) < 4.78 is 0. The van der Waals surface area contributed by atoms with Crippen molar-refractivity contribution in [3.8, 4) is 6.07 Å². The van der Waals surface area contributed by atoms with Gasteiger partial charge in [-0.2, -0.15) is 5.26 Å². The first kappa shape index (κ1) is 14.1. The molecule has 0 amide bonds. The molecule has 2 unspecified atom stereocenters. The summed E-state index contributed by atoms with van der Waals surface area (Å²) in [6.07, 6.45) is 3.76. The van der Waals surface area contributed by atoms with Crippen LogP contribution in [0, 0.1) is 11.3 Å². The van der Waals surface area contributed by atoms with E-state index in [4.69, 9.17) is 16.9 Å². The second-order valence-corrected chi connectivity index (χ2v) is 5.21. The van der Waals surface area contributed by atoms with Crippen LogP contribution >= 0.6 is 11.6 Å². The maximum Gasteiger partial charge on any atom is 0.149 e. The van der Waals surface area contributed by atoms with Crippen molar-refractivity contribution < 1.29 is 0 Å². The maximum absolute atomic E-state index is 9.07. The first-order valence-electron chi connectivity index (χ1n) is 6.75. The number of hydrogen-bond donors (Lipinski definition) is 1. The molecule has 1 aliphatic heterocycles. The van der Waals surface area contributed by atoms with Gasteiger partial charge in [-0.25, -0.2) is 4.98 Å². The maximum atomic E-state index is 9.07. The van der Waals surface area contributed by atoms with Crippen LogP contribution in [0.25, 0.3) is 0 Å². The highest BCUT2D eigenvalue weighted by Gasteiger charge is 2.28. The first-order valence-corrected chi connectivity index (χ1v) is 7.13. The Balaban J connectivity index is 2.34. The predicted molar refractivity (Wildman–Crippen MR) is 77.5 cm³/mol. The summed E-state index contributed by atoms with van der Waals surface area (Å²) >= 11 is 6.31. The fourth-order valence-electron chi connectivity index (χ4n) is 2.48. The minimum Gasteiger partial charge on any atom is -0.350 e. The highest BCUT2D eigenvalue weighted by Crippen LogP contribution is 2.29. The van der Waals surface area contributed by atoms with Crippen LogP contribution in [-0.2, 0) is 0 Å². The molecule has 2 atom stereocenters. The van der Waals surface area contributed by atoms with Gasteiger partial charge < -0.3 is 10.2 Å². The van der Waals surface area contributed by atoms with Crippen LogP contribution < -0.4 is 10.2 Å². The van der Waals surface area contributed by atoms with Crippen molar-refractivity contribution in [2.75, 3.05) is 18.0 Å². The normalized spacial score (nSPS) is 23.2. The lowest BCUT2D eigenvalue weighted by atomic mass is 10.0. The fourth-order valence-corrected chi connectivity index (χ4v) is 2.74. The molecule has 0 aliphatic carbocycles. The molecule has 5 heteroatoms. The molecule has 1 aromatic heterocycles. The number of halogens is 1. The van der Waals surface area contributed by atoms with Gasteiger partial charge in [0.05, 0.1) is 5.56 Å². The van der Waals surface area contributed by atoms with Crippen molar-refractivity contribution in [2.45, 2.75) is 38.8 Å². The quantitative estimate of drug-likeness (QED) is 0.923. The molecular formula is C14H19ClN4. The summed E-state index contributed by atoms with van der Waals surface area (Å²) in [6.45, 7) is 6.15. The van der Waals surface area contributed by atoms with Gasteiger partial charge in [-0.05, 0) is 18.9 Å². The summed E-state index contributed by atoms with van der Waals surface area (Å²) in [7, 11) is 0. The van der Waals surface area contributed by atoms with Crippen molar-refractivity contribution in [1.82, 2.24) is 10.3 Å². The molecule has 0 bridgehead atoms. The topological polar surface area (TPSA) is 52.0 Å². The van der Waals surface area contributed by atoms with Crippen LogP contribution in [0.3, 0.4) is 0 Å². The Kier molecular flexibility index (Phi) is 4.62. The molecule has 1 aromatic rings. The summed E-state index contributed by atoms with van der Waals surface area (Å²) in [5.41, 5.74) is 0.494. The third kappa shape index (κ3) is 2.83. The molecule has 0 spiro atoms. The molecule has 0 radical (unpaired) electrons. The van der Waals surface area contributed by atoms with E-state index in [1.807, 2.05) is 0 Å². The predicted octanol–water partition coefficient (Wildman–Crippen LogP) is 2.57. The smallest absolute Gasteiger partial charge is 0.149 e. The molecule has 1 aliphatic rings. The summed E-state index contributed by atoms with van der Waals surface area (Å²) in [5, 5.41) is 13.1. The molecule has 1 saturated heterocycles. The molecule has 102 valence electrons. The zero-order valence-electron chi connectivity index (χ0n) is 11.4. The zero-order chi connectivity index (χ0) is 13.8. The van der Waals surface area contributed by atoms with Gasteiger partial charge in [-0.3, -0.25) is 0 Å². The molecular weight excluding hydrogens is 260 g/mol. The van der Waals surface area contributed by atoms with Gasteiger partial charge in [0, 0.05) is 31.4 Å². The van der Waals surface area contributed by atoms with Gasteiger partial charge >= 0.3 is 0 Å². The largest absolute Gasteiger partial charge is 0.350 e. The summed E-state index contributed by atoms with van der Waals surface area (Å²) in [5.74, 6) is 0.743. The Labute approximate surface area is 119 Å². The number of hydrogen-bond acceptors (Lipinski definition) is 4. The Morgan fingerprint density at radius 1 is 1.53 bits per heavy atom. The average Bonchev–Trinajstić information content (AvgIpc) is 2.47. The second-order valence-electron chi connectivity index (χ2n) is 4.84. The fraction of sp³-hybridized carbons (Fsp3) is 0.571. The Morgan fingerprint density at radius 2 is 2.32 bits per heavy atom. The van der Waals surface area contributed by atoms with Crippen LogP contribution in [0.15, 0.2) is 12.3 Å².